The first kappa shape index (κ1) is 15.9. The molecule has 4 atom stereocenters. The molecule has 0 aliphatic heterocycles. The highest BCUT2D eigenvalue weighted by molar-refractivity contribution is 6.15. The molecule has 0 aromatic rings. The summed E-state index contributed by atoms with van der Waals surface area (Å²) in [6.45, 7) is 0. The van der Waals surface area contributed by atoms with Crippen molar-refractivity contribution in [2.75, 3.05) is 0 Å². The van der Waals surface area contributed by atoms with Gasteiger partial charge in [0.15, 0.2) is 0 Å². The van der Waals surface area contributed by atoms with E-state index in [0.29, 0.717) is 11.8 Å². The Morgan fingerprint density at radius 3 is 2.10 bits per heavy atom. The van der Waals surface area contributed by atoms with Crippen molar-refractivity contribution >= 4 is 7.85 Å². The maximum absolute atomic E-state index is 10.9. The molecule has 3 fully saturated rings. The summed E-state index contributed by atoms with van der Waals surface area (Å²) in [5.74, 6) is 1.92. The molecule has 2 heteroatoms. The van der Waals surface area contributed by atoms with Crippen molar-refractivity contribution in [1.82, 2.24) is 0 Å². The molecule has 0 aromatic carbocycles. The quantitative estimate of drug-likeness (QED) is 0.530. The van der Waals surface area contributed by atoms with Gasteiger partial charge in [-0.05, 0) is 30.6 Å². The van der Waals surface area contributed by atoms with Gasteiger partial charge in [-0.25, -0.2) is 0 Å². The average molecular weight is 288 g/mol. The van der Waals surface area contributed by atoms with E-state index < -0.39 is 0 Å². The van der Waals surface area contributed by atoms with Gasteiger partial charge in [0, 0.05) is 0 Å². The summed E-state index contributed by atoms with van der Waals surface area (Å²) >= 11 is 0. The summed E-state index contributed by atoms with van der Waals surface area (Å²) in [7, 11) is 6.99. The van der Waals surface area contributed by atoms with Gasteiger partial charge in [-0.15, -0.1) is 0 Å². The van der Waals surface area contributed by atoms with Gasteiger partial charge in [-0.2, -0.15) is 0 Å². The highest BCUT2D eigenvalue weighted by atomic mass is 16.3. The maximum Gasteiger partial charge on any atom is 0.0751 e. The Morgan fingerprint density at radius 2 is 1.33 bits per heavy atom. The third-order valence-electron chi connectivity index (χ3n) is 6.87. The third kappa shape index (κ3) is 3.51. The molecule has 3 saturated carbocycles. The highest BCUT2D eigenvalue weighted by Gasteiger charge is 2.46. The molecule has 4 unspecified atom stereocenters. The number of hydrogen-bond donors (Lipinski definition) is 1. The van der Waals surface area contributed by atoms with Crippen LogP contribution < -0.4 is 0 Å². The largest absolute Gasteiger partial charge is 0.393 e. The first-order valence-corrected chi connectivity index (χ1v) is 9.68. The predicted molar refractivity (Wildman–Crippen MR) is 89.6 cm³/mol. The lowest BCUT2D eigenvalue weighted by atomic mass is 9.50. The van der Waals surface area contributed by atoms with E-state index >= 15 is 0 Å². The fourth-order valence-electron chi connectivity index (χ4n) is 5.83. The van der Waals surface area contributed by atoms with Crippen LogP contribution in [0.1, 0.15) is 89.9 Å². The van der Waals surface area contributed by atoms with Crippen molar-refractivity contribution in [1.29, 1.82) is 0 Å². The van der Waals surface area contributed by atoms with E-state index in [1.54, 1.807) is 0 Å². The molecule has 2 radical (unpaired) electrons. The Labute approximate surface area is 132 Å². The van der Waals surface area contributed by atoms with Crippen molar-refractivity contribution in [2.24, 2.45) is 17.8 Å². The number of aliphatic hydroxyl groups is 1. The van der Waals surface area contributed by atoms with E-state index in [9.17, 15) is 5.11 Å². The zero-order chi connectivity index (χ0) is 14.7. The Bertz CT molecular complexity index is 322. The molecule has 1 N–H and O–H groups in total. The van der Waals surface area contributed by atoms with Crippen molar-refractivity contribution in [2.45, 2.75) is 101 Å². The van der Waals surface area contributed by atoms with E-state index in [-0.39, 0.29) is 11.4 Å². The van der Waals surface area contributed by atoms with Gasteiger partial charge in [0.25, 0.3) is 0 Å². The van der Waals surface area contributed by atoms with Crippen LogP contribution in [0.2, 0.25) is 5.31 Å². The Kier molecular flexibility index (Phi) is 5.35. The second-order valence-electron chi connectivity index (χ2n) is 8.23. The first-order valence-electron chi connectivity index (χ1n) is 9.68. The molecule has 3 aliphatic rings. The minimum atomic E-state index is -0.138. The molecule has 21 heavy (non-hydrogen) atoms. The maximum atomic E-state index is 10.9. The van der Waals surface area contributed by atoms with Gasteiger partial charge in [-0.3, -0.25) is 0 Å². The third-order valence-corrected chi connectivity index (χ3v) is 6.87. The van der Waals surface area contributed by atoms with E-state index in [1.165, 1.54) is 70.6 Å². The minimum absolute atomic E-state index is 0.0759. The summed E-state index contributed by atoms with van der Waals surface area (Å²) in [5, 5.41) is 10.8. The lowest BCUT2D eigenvalue weighted by molar-refractivity contribution is 0.0224. The van der Waals surface area contributed by atoms with E-state index in [4.69, 9.17) is 7.85 Å². The van der Waals surface area contributed by atoms with Crippen LogP contribution in [0.5, 0.6) is 0 Å². The number of hydrogen-bond acceptors (Lipinski definition) is 1. The van der Waals surface area contributed by atoms with Crippen LogP contribution >= 0.6 is 0 Å². The van der Waals surface area contributed by atoms with E-state index in [0.717, 1.165) is 25.2 Å². The molecule has 118 valence electrons. The predicted octanol–water partition coefficient (Wildman–Crippen LogP) is 5.03. The van der Waals surface area contributed by atoms with Crippen LogP contribution in [0.15, 0.2) is 0 Å². The van der Waals surface area contributed by atoms with E-state index in [2.05, 4.69) is 0 Å². The Hall–Kier alpha value is 0.0249. The Balaban J connectivity index is 1.86. The van der Waals surface area contributed by atoms with Crippen LogP contribution in [-0.4, -0.2) is 19.1 Å². The van der Waals surface area contributed by atoms with Gasteiger partial charge in [0.05, 0.1) is 14.0 Å². The number of fused-ring (bicyclic) bond motifs is 1. The van der Waals surface area contributed by atoms with Gasteiger partial charge in [-0.1, -0.05) is 82.4 Å². The van der Waals surface area contributed by atoms with Crippen molar-refractivity contribution in [3.05, 3.63) is 0 Å². The molecule has 0 heterocycles. The fraction of sp³-hybridized carbons (Fsp3) is 1.00. The van der Waals surface area contributed by atoms with Crippen molar-refractivity contribution in [3.8, 4) is 0 Å². The molecule has 3 aliphatic carbocycles. The lowest BCUT2D eigenvalue weighted by Gasteiger charge is -2.46. The second-order valence-corrected chi connectivity index (χ2v) is 8.23. The average Bonchev–Trinajstić information content (AvgIpc) is 2.86. The zero-order valence-corrected chi connectivity index (χ0v) is 13.7. The minimum Gasteiger partial charge on any atom is -0.393 e. The summed E-state index contributed by atoms with van der Waals surface area (Å²) < 4.78 is 0. The van der Waals surface area contributed by atoms with Crippen LogP contribution in [0.4, 0.5) is 0 Å². The molecule has 0 bridgehead atoms. The van der Waals surface area contributed by atoms with Gasteiger partial charge in [0.1, 0.15) is 0 Å². The summed E-state index contributed by atoms with van der Waals surface area (Å²) in [5.41, 5.74) is 0. The first-order chi connectivity index (χ1) is 10.2. The molecule has 1 nitrogen and oxygen atoms in total. The van der Waals surface area contributed by atoms with Crippen LogP contribution in [0, 0.1) is 17.8 Å². The van der Waals surface area contributed by atoms with Gasteiger partial charge >= 0.3 is 0 Å². The molecule has 0 aromatic heterocycles. The lowest BCUT2D eigenvalue weighted by Crippen LogP contribution is -2.40. The standard InChI is InChI=1S/C19H33BO/c20-19(13-6-1-2-7-14-19)18-16-11-5-3-4-9-15(16)10-8-12-17(18)21/h15-18,21H,1-14H2. The molecule has 3 rings (SSSR count). The molecular weight excluding hydrogens is 255 g/mol. The van der Waals surface area contributed by atoms with Crippen LogP contribution in [0.25, 0.3) is 0 Å². The smallest absolute Gasteiger partial charge is 0.0751 e. The molecule has 0 saturated heterocycles. The van der Waals surface area contributed by atoms with E-state index in [1.807, 2.05) is 0 Å². The van der Waals surface area contributed by atoms with Gasteiger partial charge in [0.2, 0.25) is 0 Å². The van der Waals surface area contributed by atoms with Gasteiger partial charge < -0.3 is 5.11 Å². The van der Waals surface area contributed by atoms with Crippen LogP contribution in [-0.2, 0) is 0 Å². The zero-order valence-electron chi connectivity index (χ0n) is 13.7. The number of aliphatic hydroxyl groups excluding tert-OH is 1. The van der Waals surface area contributed by atoms with Crippen molar-refractivity contribution < 1.29 is 5.11 Å². The summed E-state index contributed by atoms with van der Waals surface area (Å²) in [6, 6.07) is 0. The topological polar surface area (TPSA) is 20.2 Å². The summed E-state index contributed by atoms with van der Waals surface area (Å²) in [4.78, 5) is 0. The number of rotatable bonds is 1. The Morgan fingerprint density at radius 1 is 0.714 bits per heavy atom. The van der Waals surface area contributed by atoms with Crippen molar-refractivity contribution in [3.63, 3.8) is 0 Å². The molecular formula is C19H33BO. The summed E-state index contributed by atoms with van der Waals surface area (Å²) in [6.07, 6.45) is 17.8. The molecule has 0 spiro atoms. The normalized spacial score (nSPS) is 41.4. The second kappa shape index (κ2) is 7.07. The SMILES string of the molecule is [B]C1(C2C(O)CCCC3CCCCCC32)CCCCCC1. The molecule has 0 amide bonds. The highest BCUT2D eigenvalue weighted by Crippen LogP contribution is 2.55. The van der Waals surface area contributed by atoms with Crippen LogP contribution in [0.3, 0.4) is 0 Å². The monoisotopic (exact) mass is 288 g/mol. The fourth-order valence-corrected chi connectivity index (χ4v) is 5.83.